The molecular formula is C13H9N3O6. The van der Waals surface area contributed by atoms with Crippen LogP contribution in [0.3, 0.4) is 0 Å². The maximum atomic E-state index is 11.9. The Morgan fingerprint density at radius 3 is 2.00 bits per heavy atom. The monoisotopic (exact) mass is 303 g/mol. The Kier molecular flexibility index (Phi) is 3.98. The Labute approximate surface area is 123 Å². The lowest BCUT2D eigenvalue weighted by molar-refractivity contribution is -0.385. The number of nitro groups is 2. The van der Waals surface area contributed by atoms with E-state index in [2.05, 4.69) is 5.32 Å². The lowest BCUT2D eigenvalue weighted by Gasteiger charge is -2.07. The minimum atomic E-state index is -0.679. The van der Waals surface area contributed by atoms with Crippen molar-refractivity contribution in [3.63, 3.8) is 0 Å². The normalized spacial score (nSPS) is 10.0. The number of benzene rings is 2. The van der Waals surface area contributed by atoms with Gasteiger partial charge in [-0.2, -0.15) is 0 Å². The Morgan fingerprint density at radius 2 is 1.50 bits per heavy atom. The zero-order valence-electron chi connectivity index (χ0n) is 10.9. The van der Waals surface area contributed by atoms with Gasteiger partial charge in [-0.15, -0.1) is 0 Å². The third-order valence-electron chi connectivity index (χ3n) is 2.78. The SMILES string of the molecule is O=C(Nc1ccc([N+](=O)[O-])cc1O)c1ccc([N+](=O)[O-])cc1. The molecule has 0 aliphatic rings. The van der Waals surface area contributed by atoms with Crippen molar-refractivity contribution >= 4 is 23.0 Å². The molecule has 22 heavy (non-hydrogen) atoms. The largest absolute Gasteiger partial charge is 0.506 e. The van der Waals surface area contributed by atoms with Crippen LogP contribution in [0.5, 0.6) is 5.75 Å². The molecule has 0 atom stereocenters. The van der Waals surface area contributed by atoms with Gasteiger partial charge in [-0.05, 0) is 18.2 Å². The van der Waals surface area contributed by atoms with Crippen molar-refractivity contribution in [2.45, 2.75) is 0 Å². The van der Waals surface area contributed by atoms with Crippen LogP contribution in [0.1, 0.15) is 10.4 Å². The van der Waals surface area contributed by atoms with Gasteiger partial charge in [0.1, 0.15) is 5.75 Å². The van der Waals surface area contributed by atoms with Crippen LogP contribution in [-0.4, -0.2) is 20.9 Å². The summed E-state index contributed by atoms with van der Waals surface area (Å²) in [4.78, 5) is 31.7. The van der Waals surface area contributed by atoms with Gasteiger partial charge < -0.3 is 10.4 Å². The fourth-order valence-corrected chi connectivity index (χ4v) is 1.67. The summed E-state index contributed by atoms with van der Waals surface area (Å²) < 4.78 is 0. The van der Waals surface area contributed by atoms with Crippen LogP contribution in [0, 0.1) is 20.2 Å². The van der Waals surface area contributed by atoms with E-state index in [1.807, 2.05) is 0 Å². The summed E-state index contributed by atoms with van der Waals surface area (Å²) in [6, 6.07) is 8.09. The molecular weight excluding hydrogens is 294 g/mol. The second-order valence-electron chi connectivity index (χ2n) is 4.22. The minimum Gasteiger partial charge on any atom is -0.506 e. The number of hydrogen-bond acceptors (Lipinski definition) is 6. The first-order valence-electron chi connectivity index (χ1n) is 5.91. The highest BCUT2D eigenvalue weighted by molar-refractivity contribution is 6.05. The number of carbonyl (C=O) groups is 1. The topological polar surface area (TPSA) is 136 Å². The predicted molar refractivity (Wildman–Crippen MR) is 75.8 cm³/mol. The molecule has 1 amide bonds. The van der Waals surface area contributed by atoms with Crippen LogP contribution in [0.15, 0.2) is 42.5 Å². The van der Waals surface area contributed by atoms with Crippen molar-refractivity contribution in [1.82, 2.24) is 0 Å². The molecule has 0 radical (unpaired) electrons. The average molecular weight is 303 g/mol. The summed E-state index contributed by atoms with van der Waals surface area (Å²) in [5, 5.41) is 33.1. The molecule has 0 aliphatic heterocycles. The van der Waals surface area contributed by atoms with Crippen LogP contribution in [0.4, 0.5) is 17.1 Å². The standard InChI is InChI=1S/C13H9N3O6/c17-12-7-10(16(21)22)5-6-11(12)14-13(18)8-1-3-9(4-2-8)15(19)20/h1-7,17H,(H,14,18). The molecule has 2 N–H and O–H groups in total. The van der Waals surface area contributed by atoms with E-state index in [0.29, 0.717) is 0 Å². The first-order chi connectivity index (χ1) is 10.4. The number of hydrogen-bond donors (Lipinski definition) is 2. The van der Waals surface area contributed by atoms with Gasteiger partial charge in [0.15, 0.2) is 0 Å². The lowest BCUT2D eigenvalue weighted by Crippen LogP contribution is -2.12. The van der Waals surface area contributed by atoms with Gasteiger partial charge in [-0.1, -0.05) is 0 Å². The Balaban J connectivity index is 2.18. The number of non-ortho nitro benzene ring substituents is 2. The van der Waals surface area contributed by atoms with Gasteiger partial charge in [0.05, 0.1) is 21.6 Å². The summed E-state index contributed by atoms with van der Waals surface area (Å²) in [6.45, 7) is 0. The fourth-order valence-electron chi connectivity index (χ4n) is 1.67. The maximum Gasteiger partial charge on any atom is 0.273 e. The van der Waals surface area contributed by atoms with Crippen molar-refractivity contribution in [2.24, 2.45) is 0 Å². The van der Waals surface area contributed by atoms with Crippen molar-refractivity contribution in [3.05, 3.63) is 68.3 Å². The fraction of sp³-hybridized carbons (Fsp3) is 0. The summed E-state index contributed by atoms with van der Waals surface area (Å²) in [5.74, 6) is -1.07. The van der Waals surface area contributed by atoms with Gasteiger partial charge in [-0.25, -0.2) is 0 Å². The number of anilines is 1. The molecule has 2 rings (SSSR count). The first-order valence-corrected chi connectivity index (χ1v) is 5.91. The second kappa shape index (κ2) is 5.87. The molecule has 0 fully saturated rings. The maximum absolute atomic E-state index is 11.9. The van der Waals surface area contributed by atoms with E-state index in [1.54, 1.807) is 0 Å². The van der Waals surface area contributed by atoms with Crippen molar-refractivity contribution in [3.8, 4) is 5.75 Å². The highest BCUT2D eigenvalue weighted by Crippen LogP contribution is 2.28. The van der Waals surface area contributed by atoms with E-state index in [0.717, 1.165) is 12.1 Å². The smallest absolute Gasteiger partial charge is 0.273 e. The molecule has 112 valence electrons. The molecule has 2 aromatic carbocycles. The number of nitro benzene ring substituents is 2. The quantitative estimate of drug-likeness (QED) is 0.506. The van der Waals surface area contributed by atoms with Crippen molar-refractivity contribution in [2.75, 3.05) is 5.32 Å². The van der Waals surface area contributed by atoms with Crippen LogP contribution < -0.4 is 5.32 Å². The van der Waals surface area contributed by atoms with Gasteiger partial charge in [-0.3, -0.25) is 25.0 Å². The molecule has 0 bridgehead atoms. The number of phenols is 1. The van der Waals surface area contributed by atoms with E-state index in [-0.39, 0.29) is 22.6 Å². The molecule has 0 aromatic heterocycles. The van der Waals surface area contributed by atoms with Crippen LogP contribution in [0.25, 0.3) is 0 Å². The Hall–Kier alpha value is -3.49. The predicted octanol–water partition coefficient (Wildman–Crippen LogP) is 2.46. The van der Waals surface area contributed by atoms with E-state index < -0.39 is 21.5 Å². The van der Waals surface area contributed by atoms with E-state index in [9.17, 15) is 30.1 Å². The molecule has 9 nitrogen and oxygen atoms in total. The number of aromatic hydroxyl groups is 1. The average Bonchev–Trinajstić information content (AvgIpc) is 2.49. The van der Waals surface area contributed by atoms with Gasteiger partial charge in [0.2, 0.25) is 0 Å². The summed E-state index contributed by atoms with van der Waals surface area (Å²) in [7, 11) is 0. The Bertz CT molecular complexity index is 757. The highest BCUT2D eigenvalue weighted by atomic mass is 16.6. The molecule has 0 heterocycles. The summed E-state index contributed by atoms with van der Waals surface area (Å²) >= 11 is 0. The second-order valence-corrected chi connectivity index (χ2v) is 4.22. The molecule has 2 aromatic rings. The molecule has 0 aliphatic carbocycles. The number of amides is 1. The molecule has 0 saturated carbocycles. The number of nitrogens with zero attached hydrogens (tertiary/aromatic N) is 2. The molecule has 0 saturated heterocycles. The van der Waals surface area contributed by atoms with Crippen LogP contribution in [0.2, 0.25) is 0 Å². The highest BCUT2D eigenvalue weighted by Gasteiger charge is 2.14. The van der Waals surface area contributed by atoms with Gasteiger partial charge in [0, 0.05) is 23.8 Å². The number of nitrogens with one attached hydrogen (secondary N) is 1. The van der Waals surface area contributed by atoms with E-state index in [4.69, 9.17) is 0 Å². The van der Waals surface area contributed by atoms with Gasteiger partial charge >= 0.3 is 0 Å². The van der Waals surface area contributed by atoms with Crippen molar-refractivity contribution < 1.29 is 19.7 Å². The molecule has 0 unspecified atom stereocenters. The zero-order valence-corrected chi connectivity index (χ0v) is 10.9. The number of rotatable bonds is 4. The van der Waals surface area contributed by atoms with Gasteiger partial charge in [0.25, 0.3) is 17.3 Å². The van der Waals surface area contributed by atoms with E-state index >= 15 is 0 Å². The minimum absolute atomic E-state index is 0.00560. The summed E-state index contributed by atoms with van der Waals surface area (Å²) in [6.07, 6.45) is 0. The Morgan fingerprint density at radius 1 is 0.955 bits per heavy atom. The first kappa shape index (κ1) is 14.9. The number of carbonyl (C=O) groups excluding carboxylic acids is 1. The lowest BCUT2D eigenvalue weighted by atomic mass is 10.2. The molecule has 0 spiro atoms. The van der Waals surface area contributed by atoms with Crippen molar-refractivity contribution in [1.29, 1.82) is 0 Å². The zero-order chi connectivity index (χ0) is 16.3. The number of phenolic OH excluding ortho intramolecular Hbond substituents is 1. The van der Waals surface area contributed by atoms with E-state index in [1.165, 1.54) is 30.3 Å². The van der Waals surface area contributed by atoms with Crippen LogP contribution in [-0.2, 0) is 0 Å². The summed E-state index contributed by atoms with van der Waals surface area (Å²) in [5.41, 5.74) is -0.335. The molecule has 9 heteroatoms. The van der Waals surface area contributed by atoms with Crippen LogP contribution >= 0.6 is 0 Å². The third kappa shape index (κ3) is 3.15. The third-order valence-corrected chi connectivity index (χ3v) is 2.78.